The van der Waals surface area contributed by atoms with E-state index in [0.717, 1.165) is 50.1 Å². The SMILES string of the molecule is c1ccc(-c2nc(-c3ccccc3)nc(-c3ccc4c5c(cccc35)N(c3ccccc3)c3c-4ccc(-c4ccccc4)c3-c3ccccc3-c3ccccc3)n2)cc1. The van der Waals surface area contributed by atoms with Crippen LogP contribution < -0.4 is 4.90 Å². The normalized spacial score (nSPS) is 11.7. The van der Waals surface area contributed by atoms with Gasteiger partial charge in [-0.05, 0) is 63.0 Å². The van der Waals surface area contributed by atoms with Crippen LogP contribution in [0.4, 0.5) is 17.1 Å². The Bertz CT molecular complexity index is 3070. The summed E-state index contributed by atoms with van der Waals surface area (Å²) in [6.07, 6.45) is 0. The molecule has 9 aromatic carbocycles. The van der Waals surface area contributed by atoms with Crippen LogP contribution in [0.2, 0.25) is 0 Å². The minimum Gasteiger partial charge on any atom is -0.309 e. The van der Waals surface area contributed by atoms with Gasteiger partial charge in [0.05, 0.1) is 11.4 Å². The summed E-state index contributed by atoms with van der Waals surface area (Å²) in [4.78, 5) is 17.8. The van der Waals surface area contributed by atoms with E-state index in [4.69, 9.17) is 15.0 Å². The Morgan fingerprint density at radius 1 is 0.288 bits per heavy atom. The highest BCUT2D eigenvalue weighted by atomic mass is 15.2. The molecule has 0 spiro atoms. The van der Waals surface area contributed by atoms with E-state index < -0.39 is 0 Å². The minimum atomic E-state index is 0.635. The summed E-state index contributed by atoms with van der Waals surface area (Å²) in [5, 5.41) is 2.23. The average Bonchev–Trinajstić information content (AvgIpc) is 3.32. The fourth-order valence-corrected chi connectivity index (χ4v) is 8.63. The van der Waals surface area contributed by atoms with E-state index in [1.54, 1.807) is 0 Å². The second kappa shape index (κ2) is 14.5. The largest absolute Gasteiger partial charge is 0.309 e. The molecular weight excluding hydrogens is 717 g/mol. The third-order valence-corrected chi connectivity index (χ3v) is 11.3. The standard InChI is InChI=1S/C55H36N4/c1-6-19-37(20-7-1)42-29-16-17-30-44(42)51-43(38-21-8-2-9-22-38)33-35-47-46-34-36-48(45-31-18-32-49(50(45)46)59(52(47)51)41-27-14-5-15-28-41)55-57-53(39-23-10-3-11-24-39)56-54(58-55)40-25-12-4-13-26-40/h1-36H. The molecule has 0 N–H and O–H groups in total. The van der Waals surface area contributed by atoms with Crippen LogP contribution >= 0.6 is 0 Å². The fraction of sp³-hybridized carbons (Fsp3) is 0. The Hall–Kier alpha value is -7.95. The van der Waals surface area contributed by atoms with Crippen LogP contribution in [-0.4, -0.2) is 15.0 Å². The summed E-state index contributed by atoms with van der Waals surface area (Å²) in [6.45, 7) is 0. The number of benzene rings is 9. The van der Waals surface area contributed by atoms with E-state index >= 15 is 0 Å². The van der Waals surface area contributed by atoms with Crippen molar-refractivity contribution in [1.29, 1.82) is 0 Å². The third kappa shape index (κ3) is 5.98. The molecule has 1 aromatic heterocycles. The third-order valence-electron chi connectivity index (χ3n) is 11.3. The molecule has 0 unspecified atom stereocenters. The maximum Gasteiger partial charge on any atom is 0.164 e. The average molecular weight is 753 g/mol. The Morgan fingerprint density at radius 2 is 0.746 bits per heavy atom. The van der Waals surface area contributed by atoms with Crippen molar-refractivity contribution in [3.8, 4) is 78.7 Å². The number of hydrogen-bond donors (Lipinski definition) is 0. The second-order valence-corrected chi connectivity index (χ2v) is 14.7. The Balaban J connectivity index is 1.22. The number of rotatable bonds is 7. The number of aromatic nitrogens is 3. The van der Waals surface area contributed by atoms with Gasteiger partial charge in [-0.1, -0.05) is 194 Å². The van der Waals surface area contributed by atoms with Crippen LogP contribution in [0.15, 0.2) is 218 Å². The van der Waals surface area contributed by atoms with Gasteiger partial charge in [-0.2, -0.15) is 0 Å². The van der Waals surface area contributed by atoms with Gasteiger partial charge in [0.15, 0.2) is 17.5 Å². The first-order valence-corrected chi connectivity index (χ1v) is 20.0. The van der Waals surface area contributed by atoms with Gasteiger partial charge >= 0.3 is 0 Å². The zero-order valence-corrected chi connectivity index (χ0v) is 32.1. The molecule has 59 heavy (non-hydrogen) atoms. The van der Waals surface area contributed by atoms with Crippen LogP contribution in [0.25, 0.3) is 89.4 Å². The van der Waals surface area contributed by atoms with Gasteiger partial charge in [0, 0.05) is 38.9 Å². The molecule has 0 atom stereocenters. The first-order valence-electron chi connectivity index (χ1n) is 20.0. The van der Waals surface area contributed by atoms with Gasteiger partial charge in [-0.25, -0.2) is 15.0 Å². The molecule has 0 aliphatic carbocycles. The second-order valence-electron chi connectivity index (χ2n) is 14.7. The number of fused-ring (bicyclic) bond motifs is 2. The van der Waals surface area contributed by atoms with Crippen LogP contribution in [0, 0.1) is 0 Å². The Kier molecular flexibility index (Phi) is 8.45. The molecule has 1 aliphatic rings. The minimum absolute atomic E-state index is 0.635. The molecule has 11 rings (SSSR count). The molecule has 0 saturated heterocycles. The maximum atomic E-state index is 5.18. The van der Waals surface area contributed by atoms with E-state index in [9.17, 15) is 0 Å². The van der Waals surface area contributed by atoms with Crippen molar-refractivity contribution >= 4 is 27.8 Å². The molecule has 1 aliphatic heterocycles. The van der Waals surface area contributed by atoms with Crippen LogP contribution in [0.1, 0.15) is 0 Å². The summed E-state index contributed by atoms with van der Waals surface area (Å²) in [5.74, 6) is 1.91. The van der Waals surface area contributed by atoms with Gasteiger partial charge in [0.1, 0.15) is 0 Å². The highest BCUT2D eigenvalue weighted by Gasteiger charge is 2.32. The molecule has 2 heterocycles. The molecule has 0 saturated carbocycles. The molecular formula is C55H36N4. The lowest BCUT2D eigenvalue weighted by molar-refractivity contribution is 1.08. The van der Waals surface area contributed by atoms with Crippen molar-refractivity contribution in [1.82, 2.24) is 15.0 Å². The number of hydrogen-bond acceptors (Lipinski definition) is 4. The van der Waals surface area contributed by atoms with Crippen LogP contribution in [-0.2, 0) is 0 Å². The zero-order valence-electron chi connectivity index (χ0n) is 32.1. The topological polar surface area (TPSA) is 41.9 Å². The van der Waals surface area contributed by atoms with Crippen molar-refractivity contribution in [2.45, 2.75) is 0 Å². The van der Waals surface area contributed by atoms with Gasteiger partial charge in [0.25, 0.3) is 0 Å². The van der Waals surface area contributed by atoms with E-state index in [1.165, 1.54) is 38.9 Å². The number of para-hydroxylation sites is 1. The summed E-state index contributed by atoms with van der Waals surface area (Å²) in [5.41, 5.74) is 15.5. The first-order chi connectivity index (χ1) is 29.3. The van der Waals surface area contributed by atoms with Crippen molar-refractivity contribution in [3.05, 3.63) is 218 Å². The zero-order chi connectivity index (χ0) is 39.1. The van der Waals surface area contributed by atoms with Crippen molar-refractivity contribution in [2.75, 3.05) is 4.90 Å². The summed E-state index contributed by atoms with van der Waals surface area (Å²) < 4.78 is 0. The van der Waals surface area contributed by atoms with Gasteiger partial charge in [-0.15, -0.1) is 0 Å². The summed E-state index contributed by atoms with van der Waals surface area (Å²) in [7, 11) is 0. The van der Waals surface area contributed by atoms with Crippen molar-refractivity contribution < 1.29 is 0 Å². The molecule has 10 aromatic rings. The lowest BCUT2D eigenvalue weighted by atomic mass is 9.81. The monoisotopic (exact) mass is 752 g/mol. The summed E-state index contributed by atoms with van der Waals surface area (Å²) in [6, 6.07) is 77.2. The predicted molar refractivity (Wildman–Crippen MR) is 244 cm³/mol. The van der Waals surface area contributed by atoms with Gasteiger partial charge < -0.3 is 4.90 Å². The van der Waals surface area contributed by atoms with E-state index in [-0.39, 0.29) is 0 Å². The van der Waals surface area contributed by atoms with Gasteiger partial charge in [-0.3, -0.25) is 0 Å². The smallest absolute Gasteiger partial charge is 0.164 e. The Labute approximate surface area is 343 Å². The molecule has 4 heteroatoms. The van der Waals surface area contributed by atoms with E-state index in [2.05, 4.69) is 187 Å². The molecule has 0 fully saturated rings. The molecule has 0 radical (unpaired) electrons. The van der Waals surface area contributed by atoms with Gasteiger partial charge in [0.2, 0.25) is 0 Å². The lowest BCUT2D eigenvalue weighted by Gasteiger charge is -2.36. The van der Waals surface area contributed by atoms with E-state index in [0.29, 0.717) is 17.5 Å². The van der Waals surface area contributed by atoms with Crippen molar-refractivity contribution in [3.63, 3.8) is 0 Å². The predicted octanol–water partition coefficient (Wildman–Crippen LogP) is 14.5. The Morgan fingerprint density at radius 3 is 1.36 bits per heavy atom. The van der Waals surface area contributed by atoms with Crippen LogP contribution in [0.3, 0.4) is 0 Å². The molecule has 4 nitrogen and oxygen atoms in total. The van der Waals surface area contributed by atoms with Crippen LogP contribution in [0.5, 0.6) is 0 Å². The lowest BCUT2D eigenvalue weighted by Crippen LogP contribution is -2.17. The van der Waals surface area contributed by atoms with Crippen molar-refractivity contribution in [2.24, 2.45) is 0 Å². The molecule has 276 valence electrons. The number of nitrogens with zero attached hydrogens (tertiary/aromatic N) is 4. The number of anilines is 3. The first kappa shape index (κ1) is 34.3. The summed E-state index contributed by atoms with van der Waals surface area (Å²) >= 11 is 0. The quantitative estimate of drug-likeness (QED) is 0.163. The van der Waals surface area contributed by atoms with E-state index in [1.807, 2.05) is 36.4 Å². The highest BCUT2D eigenvalue weighted by Crippen LogP contribution is 2.57. The fourth-order valence-electron chi connectivity index (χ4n) is 8.63. The molecule has 0 amide bonds. The molecule has 0 bridgehead atoms. The maximum absolute atomic E-state index is 5.18. The highest BCUT2D eigenvalue weighted by molar-refractivity contribution is 6.20.